The van der Waals surface area contributed by atoms with Gasteiger partial charge < -0.3 is 9.84 Å². The quantitative estimate of drug-likeness (QED) is 0.886. The average Bonchev–Trinajstić information content (AvgIpc) is 2.79. The Morgan fingerprint density at radius 3 is 2.71 bits per heavy atom. The maximum atomic E-state index is 11.6. The first kappa shape index (κ1) is 16.2. The lowest BCUT2D eigenvalue weighted by Crippen LogP contribution is -2.23. The van der Waals surface area contributed by atoms with Crippen molar-refractivity contribution in [2.75, 3.05) is 25.2 Å². The molecular formula is C15H23NO4S. The highest BCUT2D eigenvalue weighted by Crippen LogP contribution is 2.31. The van der Waals surface area contributed by atoms with Crippen LogP contribution >= 0.6 is 0 Å². The van der Waals surface area contributed by atoms with Gasteiger partial charge in [-0.1, -0.05) is 0 Å². The Balaban J connectivity index is 2.20. The summed E-state index contributed by atoms with van der Waals surface area (Å²) in [5.41, 5.74) is 2.82. The lowest BCUT2D eigenvalue weighted by atomic mass is 9.87. The summed E-state index contributed by atoms with van der Waals surface area (Å²) in [7, 11) is -1.30. The van der Waals surface area contributed by atoms with Crippen molar-refractivity contribution in [1.82, 2.24) is 4.98 Å². The Kier molecular flexibility index (Phi) is 4.88. The molecule has 5 nitrogen and oxygen atoms in total. The van der Waals surface area contributed by atoms with E-state index in [0.29, 0.717) is 12.8 Å². The number of pyridine rings is 1. The normalized spacial score (nSPS) is 22.2. The van der Waals surface area contributed by atoms with E-state index >= 15 is 0 Å². The van der Waals surface area contributed by atoms with Crippen molar-refractivity contribution < 1.29 is 18.3 Å². The molecule has 0 spiro atoms. The molecule has 0 aliphatic carbocycles. The van der Waals surface area contributed by atoms with Gasteiger partial charge in [0, 0.05) is 29.6 Å². The van der Waals surface area contributed by atoms with Crippen molar-refractivity contribution in [3.63, 3.8) is 0 Å². The van der Waals surface area contributed by atoms with Crippen LogP contribution < -0.4 is 4.74 Å². The molecule has 1 N–H and O–H groups in total. The third-order valence-corrected chi connectivity index (χ3v) is 6.17. The van der Waals surface area contributed by atoms with Gasteiger partial charge in [0.05, 0.1) is 18.6 Å². The van der Waals surface area contributed by atoms with Crippen molar-refractivity contribution in [1.29, 1.82) is 0 Å². The SMILES string of the molecule is COc1c(C)cnc(CC(CO)C2CCS(=O)(=O)C2)c1C. The summed E-state index contributed by atoms with van der Waals surface area (Å²) in [4.78, 5) is 4.44. The molecule has 21 heavy (non-hydrogen) atoms. The second-order valence-electron chi connectivity index (χ2n) is 5.86. The Morgan fingerprint density at radius 2 is 2.19 bits per heavy atom. The molecule has 1 aliphatic heterocycles. The highest BCUT2D eigenvalue weighted by molar-refractivity contribution is 7.91. The zero-order valence-electron chi connectivity index (χ0n) is 12.8. The lowest BCUT2D eigenvalue weighted by molar-refractivity contribution is 0.183. The number of aryl methyl sites for hydroxylation is 1. The molecule has 0 aromatic carbocycles. The number of rotatable bonds is 5. The fourth-order valence-electron chi connectivity index (χ4n) is 3.10. The van der Waals surface area contributed by atoms with Crippen molar-refractivity contribution in [3.8, 4) is 5.75 Å². The predicted octanol–water partition coefficient (Wildman–Crippen LogP) is 1.29. The van der Waals surface area contributed by atoms with Gasteiger partial charge in [0.15, 0.2) is 9.84 Å². The topological polar surface area (TPSA) is 76.5 Å². The second-order valence-corrected chi connectivity index (χ2v) is 8.08. The minimum Gasteiger partial charge on any atom is -0.496 e. The van der Waals surface area contributed by atoms with E-state index in [9.17, 15) is 13.5 Å². The van der Waals surface area contributed by atoms with E-state index < -0.39 is 9.84 Å². The second kappa shape index (κ2) is 6.32. The summed E-state index contributed by atoms with van der Waals surface area (Å²) in [6.45, 7) is 3.88. The monoisotopic (exact) mass is 313 g/mol. The van der Waals surface area contributed by atoms with Crippen LogP contribution in [0.1, 0.15) is 23.2 Å². The first-order chi connectivity index (χ1) is 9.88. The number of ether oxygens (including phenoxy) is 1. The maximum absolute atomic E-state index is 11.6. The van der Waals surface area contributed by atoms with Gasteiger partial charge in [-0.2, -0.15) is 0 Å². The number of nitrogens with zero attached hydrogens (tertiary/aromatic N) is 1. The molecule has 2 heterocycles. The highest BCUT2D eigenvalue weighted by atomic mass is 32.2. The predicted molar refractivity (Wildman–Crippen MR) is 81.3 cm³/mol. The number of hydrogen-bond donors (Lipinski definition) is 1. The minimum atomic E-state index is -2.93. The van der Waals surface area contributed by atoms with Crippen LogP contribution in [0.5, 0.6) is 5.75 Å². The summed E-state index contributed by atoms with van der Waals surface area (Å²) < 4.78 is 28.6. The van der Waals surface area contributed by atoms with Crippen LogP contribution in [0.3, 0.4) is 0 Å². The summed E-state index contributed by atoms with van der Waals surface area (Å²) >= 11 is 0. The number of aliphatic hydroxyl groups excluding tert-OH is 1. The van der Waals surface area contributed by atoms with Crippen LogP contribution in [0, 0.1) is 25.7 Å². The zero-order valence-corrected chi connectivity index (χ0v) is 13.6. The molecule has 2 unspecified atom stereocenters. The molecule has 0 saturated carbocycles. The summed E-state index contributed by atoms with van der Waals surface area (Å²) in [5.74, 6) is 1.18. The molecule has 2 rings (SSSR count). The Bertz CT molecular complexity index is 612. The molecule has 1 fully saturated rings. The maximum Gasteiger partial charge on any atom is 0.150 e. The van der Waals surface area contributed by atoms with Gasteiger partial charge in [0.1, 0.15) is 5.75 Å². The zero-order chi connectivity index (χ0) is 15.6. The smallest absolute Gasteiger partial charge is 0.150 e. The van der Waals surface area contributed by atoms with Crippen molar-refractivity contribution in [2.45, 2.75) is 26.7 Å². The highest BCUT2D eigenvalue weighted by Gasteiger charge is 2.33. The summed E-state index contributed by atoms with van der Waals surface area (Å²) in [6.07, 6.45) is 2.98. The van der Waals surface area contributed by atoms with E-state index in [1.807, 2.05) is 13.8 Å². The molecule has 1 saturated heterocycles. The fraction of sp³-hybridized carbons (Fsp3) is 0.667. The molecule has 0 bridgehead atoms. The van der Waals surface area contributed by atoms with Gasteiger partial charge in [0.25, 0.3) is 0 Å². The number of aromatic nitrogens is 1. The summed E-state index contributed by atoms with van der Waals surface area (Å²) in [6, 6.07) is 0. The number of sulfone groups is 1. The third kappa shape index (κ3) is 3.55. The Hall–Kier alpha value is -1.14. The van der Waals surface area contributed by atoms with Crippen LogP contribution in [-0.2, 0) is 16.3 Å². The largest absolute Gasteiger partial charge is 0.496 e. The molecular weight excluding hydrogens is 290 g/mol. The molecule has 1 aliphatic rings. The first-order valence-corrected chi connectivity index (χ1v) is 9.00. The van der Waals surface area contributed by atoms with E-state index in [1.54, 1.807) is 13.3 Å². The van der Waals surface area contributed by atoms with Crippen molar-refractivity contribution in [3.05, 3.63) is 23.0 Å². The molecule has 118 valence electrons. The van der Waals surface area contributed by atoms with Crippen molar-refractivity contribution in [2.24, 2.45) is 11.8 Å². The van der Waals surface area contributed by atoms with Crippen LogP contribution in [-0.4, -0.2) is 43.7 Å². The molecule has 1 aromatic rings. The molecule has 1 aromatic heterocycles. The first-order valence-electron chi connectivity index (χ1n) is 7.18. The Labute approximate surface area is 126 Å². The van der Waals surface area contributed by atoms with Crippen LogP contribution in [0.2, 0.25) is 0 Å². The lowest BCUT2D eigenvalue weighted by Gasteiger charge is -2.21. The summed E-state index contributed by atoms with van der Waals surface area (Å²) in [5, 5.41) is 9.64. The van der Waals surface area contributed by atoms with E-state index in [-0.39, 0.29) is 29.9 Å². The molecule has 2 atom stereocenters. The number of methoxy groups -OCH3 is 1. The number of hydrogen-bond acceptors (Lipinski definition) is 5. The van der Waals surface area contributed by atoms with Gasteiger partial charge in [-0.05, 0) is 38.5 Å². The molecule has 0 amide bonds. The standard InChI is InChI=1S/C15H23NO4S/c1-10-7-16-14(11(2)15(10)20-3)6-13(8-17)12-4-5-21(18,19)9-12/h7,12-13,17H,4-6,8-9H2,1-3H3. The van der Waals surface area contributed by atoms with E-state index in [2.05, 4.69) is 4.98 Å². The van der Waals surface area contributed by atoms with Gasteiger partial charge in [0.2, 0.25) is 0 Å². The fourth-order valence-corrected chi connectivity index (χ4v) is 5.02. The van der Waals surface area contributed by atoms with Gasteiger partial charge in [-0.15, -0.1) is 0 Å². The van der Waals surface area contributed by atoms with E-state index in [4.69, 9.17) is 4.74 Å². The Morgan fingerprint density at radius 1 is 1.48 bits per heavy atom. The minimum absolute atomic E-state index is 0.0164. The van der Waals surface area contributed by atoms with Gasteiger partial charge in [-0.25, -0.2) is 8.42 Å². The van der Waals surface area contributed by atoms with Crippen LogP contribution in [0.15, 0.2) is 6.20 Å². The van der Waals surface area contributed by atoms with Crippen LogP contribution in [0.4, 0.5) is 0 Å². The number of aliphatic hydroxyl groups is 1. The average molecular weight is 313 g/mol. The van der Waals surface area contributed by atoms with E-state index in [1.165, 1.54) is 0 Å². The van der Waals surface area contributed by atoms with Gasteiger partial charge in [-0.3, -0.25) is 4.98 Å². The van der Waals surface area contributed by atoms with Crippen molar-refractivity contribution >= 4 is 9.84 Å². The third-order valence-electron chi connectivity index (χ3n) is 4.37. The molecule has 6 heteroatoms. The van der Waals surface area contributed by atoms with Crippen LogP contribution in [0.25, 0.3) is 0 Å². The molecule has 0 radical (unpaired) electrons. The van der Waals surface area contributed by atoms with Gasteiger partial charge >= 0.3 is 0 Å². The van der Waals surface area contributed by atoms with E-state index in [0.717, 1.165) is 22.6 Å².